The van der Waals surface area contributed by atoms with Crippen LogP contribution in [0.2, 0.25) is 0 Å². The molecule has 0 fully saturated rings. The number of carboxylic acid groups (broad SMARTS) is 1. The Morgan fingerprint density at radius 1 is 0.857 bits per heavy atom. The molecular weight excluding hydrogens is 364 g/mol. The highest BCUT2D eigenvalue weighted by molar-refractivity contribution is 5.94. The summed E-state index contributed by atoms with van der Waals surface area (Å²) >= 11 is 0. The second-order valence-corrected chi connectivity index (χ2v) is 6.06. The number of ether oxygens (including phenoxy) is 4. The molecule has 0 saturated heterocycles. The molecule has 0 amide bonds. The first kappa shape index (κ1) is 21.0. The van der Waals surface area contributed by atoms with Crippen molar-refractivity contribution in [1.29, 1.82) is 0 Å². The van der Waals surface area contributed by atoms with Crippen LogP contribution in [0.5, 0.6) is 23.0 Å². The normalized spacial score (nSPS) is 10.4. The topological polar surface area (TPSA) is 126 Å². The Balaban J connectivity index is 1.76. The van der Waals surface area contributed by atoms with Gasteiger partial charge in [0, 0.05) is 23.9 Å². The molecule has 0 heterocycles. The summed E-state index contributed by atoms with van der Waals surface area (Å²) in [5.74, 6) is 0.915. The van der Waals surface area contributed by atoms with E-state index in [4.69, 9.17) is 35.5 Å². The second-order valence-electron chi connectivity index (χ2n) is 6.06. The molecule has 0 atom stereocenters. The van der Waals surface area contributed by atoms with Gasteiger partial charge in [-0.15, -0.1) is 0 Å². The van der Waals surface area contributed by atoms with Gasteiger partial charge in [0.2, 0.25) is 0 Å². The van der Waals surface area contributed by atoms with Crippen LogP contribution >= 0.6 is 0 Å². The number of aromatic carboxylic acids is 1. The standard InChI is InChI=1S/C20H26N2O6/c1-25-16-7-6-13(21)10-18(16)27-8-4-3-5-9-28-19-12-15(22)14(20(23)24)11-17(19)26-2/h6-7,10-12H,3-5,8-9,21-22H2,1-2H3,(H,23,24). The van der Waals surface area contributed by atoms with Crippen LogP contribution < -0.4 is 30.4 Å². The molecule has 0 saturated carbocycles. The van der Waals surface area contributed by atoms with Crippen LogP contribution in [0.25, 0.3) is 0 Å². The summed E-state index contributed by atoms with van der Waals surface area (Å²) in [6.45, 7) is 0.979. The number of carboxylic acids is 1. The minimum atomic E-state index is -1.11. The van der Waals surface area contributed by atoms with Crippen molar-refractivity contribution in [2.24, 2.45) is 0 Å². The molecule has 28 heavy (non-hydrogen) atoms. The van der Waals surface area contributed by atoms with E-state index in [9.17, 15) is 4.79 Å². The minimum Gasteiger partial charge on any atom is -0.493 e. The summed E-state index contributed by atoms with van der Waals surface area (Å²) in [6, 6.07) is 8.09. The number of hydrogen-bond donors (Lipinski definition) is 3. The van der Waals surface area contributed by atoms with Crippen molar-refractivity contribution in [2.75, 3.05) is 38.9 Å². The van der Waals surface area contributed by atoms with Crippen LogP contribution in [0.1, 0.15) is 29.6 Å². The van der Waals surface area contributed by atoms with E-state index in [1.165, 1.54) is 19.2 Å². The zero-order chi connectivity index (χ0) is 20.5. The van der Waals surface area contributed by atoms with E-state index in [0.29, 0.717) is 41.9 Å². The monoisotopic (exact) mass is 390 g/mol. The van der Waals surface area contributed by atoms with Gasteiger partial charge in [-0.1, -0.05) is 0 Å². The molecule has 0 unspecified atom stereocenters. The van der Waals surface area contributed by atoms with E-state index in [2.05, 4.69) is 0 Å². The number of nitrogen functional groups attached to an aromatic ring is 2. The van der Waals surface area contributed by atoms with Gasteiger partial charge in [-0.3, -0.25) is 0 Å². The highest BCUT2D eigenvalue weighted by Crippen LogP contribution is 2.32. The van der Waals surface area contributed by atoms with Gasteiger partial charge in [-0.05, 0) is 31.4 Å². The Labute approximate surface area is 163 Å². The molecule has 0 spiro atoms. The fraction of sp³-hybridized carbons (Fsp3) is 0.350. The van der Waals surface area contributed by atoms with E-state index >= 15 is 0 Å². The number of benzene rings is 2. The van der Waals surface area contributed by atoms with Gasteiger partial charge in [-0.2, -0.15) is 0 Å². The Morgan fingerprint density at radius 2 is 1.46 bits per heavy atom. The number of methoxy groups -OCH3 is 2. The van der Waals surface area contributed by atoms with E-state index in [0.717, 1.165) is 19.3 Å². The Morgan fingerprint density at radius 3 is 2.04 bits per heavy atom. The van der Waals surface area contributed by atoms with Gasteiger partial charge in [0.25, 0.3) is 0 Å². The highest BCUT2D eigenvalue weighted by Gasteiger charge is 2.14. The first-order valence-corrected chi connectivity index (χ1v) is 8.86. The zero-order valence-electron chi connectivity index (χ0n) is 16.1. The Bertz CT molecular complexity index is 810. The number of unbranched alkanes of at least 4 members (excludes halogenated alkanes) is 2. The third kappa shape index (κ3) is 5.60. The summed E-state index contributed by atoms with van der Waals surface area (Å²) in [4.78, 5) is 11.1. The molecule has 0 bridgehead atoms. The quantitative estimate of drug-likeness (QED) is 0.394. The van der Waals surface area contributed by atoms with Crippen LogP contribution in [0.3, 0.4) is 0 Å². The zero-order valence-corrected chi connectivity index (χ0v) is 16.1. The lowest BCUT2D eigenvalue weighted by Crippen LogP contribution is -2.06. The predicted molar refractivity (Wildman–Crippen MR) is 107 cm³/mol. The lowest BCUT2D eigenvalue weighted by atomic mass is 10.1. The first-order valence-electron chi connectivity index (χ1n) is 8.86. The van der Waals surface area contributed by atoms with Crippen molar-refractivity contribution in [3.8, 4) is 23.0 Å². The van der Waals surface area contributed by atoms with E-state index in [1.807, 2.05) is 0 Å². The summed E-state index contributed by atoms with van der Waals surface area (Å²) in [7, 11) is 3.03. The largest absolute Gasteiger partial charge is 0.493 e. The van der Waals surface area contributed by atoms with E-state index < -0.39 is 5.97 Å². The third-order valence-electron chi connectivity index (χ3n) is 4.06. The first-order chi connectivity index (χ1) is 13.5. The maximum absolute atomic E-state index is 11.1. The predicted octanol–water partition coefficient (Wildman–Crippen LogP) is 3.19. The van der Waals surface area contributed by atoms with Crippen LogP contribution in [-0.2, 0) is 0 Å². The lowest BCUT2D eigenvalue weighted by Gasteiger charge is -2.13. The summed E-state index contributed by atoms with van der Waals surface area (Å²) < 4.78 is 21.8. The van der Waals surface area contributed by atoms with Crippen molar-refractivity contribution in [2.45, 2.75) is 19.3 Å². The van der Waals surface area contributed by atoms with Gasteiger partial charge in [-0.25, -0.2) is 4.79 Å². The molecule has 8 heteroatoms. The smallest absolute Gasteiger partial charge is 0.337 e. The van der Waals surface area contributed by atoms with Crippen molar-refractivity contribution in [1.82, 2.24) is 0 Å². The number of hydrogen-bond acceptors (Lipinski definition) is 7. The van der Waals surface area contributed by atoms with Crippen LogP contribution in [0.15, 0.2) is 30.3 Å². The second kappa shape index (κ2) is 10.1. The molecule has 5 N–H and O–H groups in total. The number of rotatable bonds is 11. The van der Waals surface area contributed by atoms with Crippen molar-refractivity contribution in [3.63, 3.8) is 0 Å². The van der Waals surface area contributed by atoms with Gasteiger partial charge in [0.15, 0.2) is 23.0 Å². The maximum atomic E-state index is 11.1. The molecule has 0 aromatic heterocycles. The molecule has 152 valence electrons. The third-order valence-corrected chi connectivity index (χ3v) is 4.06. The summed E-state index contributed by atoms with van der Waals surface area (Å²) in [5.41, 5.74) is 12.3. The molecule has 0 aliphatic rings. The molecule has 2 aromatic rings. The molecule has 8 nitrogen and oxygen atoms in total. The summed E-state index contributed by atoms with van der Waals surface area (Å²) in [5, 5.41) is 9.10. The number of nitrogens with two attached hydrogens (primary N) is 2. The van der Waals surface area contributed by atoms with Crippen LogP contribution in [0, 0.1) is 0 Å². The molecule has 0 aliphatic heterocycles. The molecule has 0 radical (unpaired) electrons. The fourth-order valence-corrected chi connectivity index (χ4v) is 2.58. The van der Waals surface area contributed by atoms with Gasteiger partial charge >= 0.3 is 5.97 Å². The van der Waals surface area contributed by atoms with Gasteiger partial charge in [0.05, 0.1) is 38.7 Å². The van der Waals surface area contributed by atoms with Gasteiger partial charge in [0.1, 0.15) is 0 Å². The lowest BCUT2D eigenvalue weighted by molar-refractivity contribution is 0.0697. The van der Waals surface area contributed by atoms with Crippen LogP contribution in [0.4, 0.5) is 11.4 Å². The average molecular weight is 390 g/mol. The van der Waals surface area contributed by atoms with Crippen molar-refractivity contribution >= 4 is 17.3 Å². The van der Waals surface area contributed by atoms with Gasteiger partial charge < -0.3 is 35.5 Å². The number of anilines is 2. The Kier molecular flexibility index (Phi) is 7.62. The average Bonchev–Trinajstić information content (AvgIpc) is 2.67. The van der Waals surface area contributed by atoms with Crippen molar-refractivity contribution in [3.05, 3.63) is 35.9 Å². The summed E-state index contributed by atoms with van der Waals surface area (Å²) in [6.07, 6.45) is 2.51. The molecule has 2 aromatic carbocycles. The minimum absolute atomic E-state index is 0.0154. The maximum Gasteiger partial charge on any atom is 0.337 e. The van der Waals surface area contributed by atoms with E-state index in [1.54, 1.807) is 25.3 Å². The van der Waals surface area contributed by atoms with Crippen LogP contribution in [-0.4, -0.2) is 38.5 Å². The number of carbonyl (C=O) groups is 1. The molecule has 2 rings (SSSR count). The Hall–Kier alpha value is -3.29. The highest BCUT2D eigenvalue weighted by atomic mass is 16.5. The molecule has 0 aliphatic carbocycles. The fourth-order valence-electron chi connectivity index (χ4n) is 2.58. The van der Waals surface area contributed by atoms with Crippen molar-refractivity contribution < 1.29 is 28.8 Å². The SMILES string of the molecule is COc1ccc(N)cc1OCCCCCOc1cc(N)c(C(=O)O)cc1OC. The van der Waals surface area contributed by atoms with E-state index in [-0.39, 0.29) is 11.3 Å². The molecular formula is C20H26N2O6.